The number of carbonyl (C=O) groups is 2. The molecule has 0 spiro atoms. The molecule has 2 heterocycles. The van der Waals surface area contributed by atoms with Crippen molar-refractivity contribution in [1.82, 2.24) is 19.6 Å². The first-order valence-corrected chi connectivity index (χ1v) is 19.8. The van der Waals surface area contributed by atoms with Gasteiger partial charge in [-0.3, -0.25) is 19.0 Å². The Hall–Kier alpha value is -6.26. The molecule has 0 saturated carbocycles. The second-order valence-corrected chi connectivity index (χ2v) is 15.4. The minimum atomic E-state index is -4.89. The highest BCUT2D eigenvalue weighted by Gasteiger charge is 2.62. The highest BCUT2D eigenvalue weighted by molar-refractivity contribution is 5.94. The predicted octanol–water partition coefficient (Wildman–Crippen LogP) is 9.48. The summed E-state index contributed by atoms with van der Waals surface area (Å²) in [6.07, 6.45) is -2.02. The molecule has 0 radical (unpaired) electrons. The lowest BCUT2D eigenvalue weighted by atomic mass is 9.88. The van der Waals surface area contributed by atoms with Crippen LogP contribution in [0.5, 0.6) is 0 Å². The fraction of sp³-hybridized carbons (Fsp3) is 0.304. The van der Waals surface area contributed by atoms with Crippen LogP contribution < -0.4 is 0 Å². The molecule has 2 aliphatic rings. The Morgan fingerprint density at radius 3 is 1.47 bits per heavy atom. The highest BCUT2D eigenvalue weighted by Crippen LogP contribution is 2.59. The SMILES string of the molecule is CCOC(=O)CCCn1cc(-c2cc(C)cc3c2-c2ccccc2C3(O)C(F)(F)F)cn1.Cc1cc(-c2cnn(CCCC(=O)O)c2)c2c(c1)C(O)(C(F)(F)F)c1ccccc1-2. The molecule has 0 bridgehead atoms. The number of alkyl halides is 6. The first-order valence-electron chi connectivity index (χ1n) is 19.8. The number of esters is 1. The fourth-order valence-corrected chi connectivity index (χ4v) is 8.37. The zero-order chi connectivity index (χ0) is 44.8. The molecule has 0 fully saturated rings. The van der Waals surface area contributed by atoms with Crippen LogP contribution >= 0.6 is 0 Å². The van der Waals surface area contributed by atoms with Crippen molar-refractivity contribution in [2.24, 2.45) is 0 Å². The highest BCUT2D eigenvalue weighted by atomic mass is 19.4. The van der Waals surface area contributed by atoms with Crippen molar-refractivity contribution in [3.63, 3.8) is 0 Å². The number of aliphatic carboxylic acids is 1. The van der Waals surface area contributed by atoms with E-state index >= 15 is 0 Å². The number of aromatic nitrogens is 4. The van der Waals surface area contributed by atoms with Gasteiger partial charge in [-0.1, -0.05) is 83.9 Å². The van der Waals surface area contributed by atoms with Crippen molar-refractivity contribution in [2.45, 2.75) is 83.1 Å². The maximum Gasteiger partial charge on any atom is 0.425 e. The predicted molar refractivity (Wildman–Crippen MR) is 217 cm³/mol. The maximum absolute atomic E-state index is 14.1. The number of nitrogens with zero attached hydrogens (tertiary/aromatic N) is 4. The molecule has 2 atom stereocenters. The van der Waals surface area contributed by atoms with Crippen LogP contribution in [0.15, 0.2) is 97.6 Å². The lowest BCUT2D eigenvalue weighted by Crippen LogP contribution is -2.41. The number of aryl methyl sites for hydroxylation is 4. The largest absolute Gasteiger partial charge is 0.481 e. The molecular formula is C46H42F6N4O6. The van der Waals surface area contributed by atoms with E-state index in [4.69, 9.17) is 9.84 Å². The van der Waals surface area contributed by atoms with Crippen LogP contribution in [0.2, 0.25) is 0 Å². The van der Waals surface area contributed by atoms with Crippen molar-refractivity contribution in [2.75, 3.05) is 6.61 Å². The molecule has 10 nitrogen and oxygen atoms in total. The van der Waals surface area contributed by atoms with E-state index in [-0.39, 0.29) is 41.1 Å². The average molecular weight is 861 g/mol. The molecule has 2 unspecified atom stereocenters. The van der Waals surface area contributed by atoms with Gasteiger partial charge in [0.25, 0.3) is 0 Å². The van der Waals surface area contributed by atoms with Crippen molar-refractivity contribution < 1.29 is 56.0 Å². The van der Waals surface area contributed by atoms with Crippen LogP contribution in [0, 0.1) is 13.8 Å². The van der Waals surface area contributed by atoms with E-state index in [1.165, 1.54) is 36.4 Å². The Balaban J connectivity index is 0.000000187. The molecule has 62 heavy (non-hydrogen) atoms. The Morgan fingerprint density at radius 1 is 0.645 bits per heavy atom. The summed E-state index contributed by atoms with van der Waals surface area (Å²) in [6.45, 7) is 6.30. The molecule has 8 rings (SSSR count). The van der Waals surface area contributed by atoms with E-state index in [1.54, 1.807) is 91.3 Å². The molecule has 4 aromatic carbocycles. The van der Waals surface area contributed by atoms with Gasteiger partial charge in [-0.05, 0) is 67.0 Å². The molecule has 324 valence electrons. The number of hydrogen-bond donors (Lipinski definition) is 3. The van der Waals surface area contributed by atoms with Crippen molar-refractivity contribution in [3.8, 4) is 44.5 Å². The monoisotopic (exact) mass is 860 g/mol. The van der Waals surface area contributed by atoms with Crippen LogP contribution in [0.4, 0.5) is 26.3 Å². The lowest BCUT2D eigenvalue weighted by molar-refractivity contribution is -0.247. The van der Waals surface area contributed by atoms with Gasteiger partial charge in [-0.2, -0.15) is 36.5 Å². The third kappa shape index (κ3) is 7.77. The van der Waals surface area contributed by atoms with Crippen molar-refractivity contribution in [1.29, 1.82) is 0 Å². The van der Waals surface area contributed by atoms with Gasteiger partial charge in [0.2, 0.25) is 11.2 Å². The van der Waals surface area contributed by atoms with E-state index < -0.39 is 29.5 Å². The van der Waals surface area contributed by atoms with Crippen LogP contribution in [0.1, 0.15) is 66.0 Å². The molecule has 2 aliphatic carbocycles. The molecule has 16 heteroatoms. The van der Waals surface area contributed by atoms with Gasteiger partial charge in [0.1, 0.15) is 0 Å². The van der Waals surface area contributed by atoms with Gasteiger partial charge in [-0.15, -0.1) is 0 Å². The van der Waals surface area contributed by atoms with Gasteiger partial charge in [0.15, 0.2) is 0 Å². The number of halogens is 6. The first kappa shape index (κ1) is 43.8. The number of aliphatic hydroxyl groups is 2. The van der Waals surface area contributed by atoms with Crippen LogP contribution in [-0.4, -0.2) is 65.8 Å². The molecule has 0 aliphatic heterocycles. The lowest BCUT2D eigenvalue weighted by Gasteiger charge is -2.28. The normalized spacial score (nSPS) is 17.4. The van der Waals surface area contributed by atoms with E-state index in [0.29, 0.717) is 88.2 Å². The fourth-order valence-electron chi connectivity index (χ4n) is 8.37. The molecule has 0 saturated heterocycles. The molecule has 6 aromatic rings. The zero-order valence-electron chi connectivity index (χ0n) is 33.8. The average Bonchev–Trinajstić information content (AvgIpc) is 3.99. The summed E-state index contributed by atoms with van der Waals surface area (Å²) in [7, 11) is 0. The Bertz CT molecular complexity index is 2670. The smallest absolute Gasteiger partial charge is 0.425 e. The number of ether oxygens (including phenoxy) is 1. The Labute approximate surface area is 352 Å². The second-order valence-electron chi connectivity index (χ2n) is 15.4. The van der Waals surface area contributed by atoms with Gasteiger partial charge >= 0.3 is 24.3 Å². The summed E-state index contributed by atoms with van der Waals surface area (Å²) < 4.78 is 92.7. The van der Waals surface area contributed by atoms with Crippen molar-refractivity contribution >= 4 is 11.9 Å². The summed E-state index contributed by atoms with van der Waals surface area (Å²) in [5, 5.41) is 39.2. The van der Waals surface area contributed by atoms with E-state index in [0.717, 1.165) is 0 Å². The molecular weight excluding hydrogens is 819 g/mol. The number of carbonyl (C=O) groups excluding carboxylic acids is 1. The molecule has 2 aromatic heterocycles. The number of fused-ring (bicyclic) bond motifs is 6. The zero-order valence-corrected chi connectivity index (χ0v) is 33.8. The third-order valence-corrected chi connectivity index (χ3v) is 11.1. The molecule has 0 amide bonds. The number of hydrogen-bond acceptors (Lipinski definition) is 7. The summed E-state index contributed by atoms with van der Waals surface area (Å²) in [6, 6.07) is 18.4. The number of carboxylic acids is 1. The van der Waals surface area contributed by atoms with E-state index in [1.807, 2.05) is 0 Å². The van der Waals surface area contributed by atoms with Crippen LogP contribution in [-0.2, 0) is 38.6 Å². The topological polar surface area (TPSA) is 140 Å². The summed E-state index contributed by atoms with van der Waals surface area (Å²) in [5.41, 5.74) is -1.95. The second kappa shape index (κ2) is 16.5. The maximum atomic E-state index is 14.1. The van der Waals surface area contributed by atoms with Gasteiger partial charge in [0.05, 0.1) is 19.0 Å². The van der Waals surface area contributed by atoms with Crippen LogP contribution in [0.25, 0.3) is 44.5 Å². The minimum Gasteiger partial charge on any atom is -0.481 e. The number of benzene rings is 4. The standard InChI is InChI=1S/C24H23F3N2O3.C22H19F3N2O3/c1-3-32-21(30)9-6-10-29-14-16(13-28-29)18-11-15(2)12-20-22(18)17-7-4-5-8-19(17)23(20,31)24(25,26)27;1-13-9-16(14-11-26-27(12-14)8-4-7-19(28)29)20-15-5-2-3-6-17(15)21(30,18(20)10-13)22(23,24)25/h4-5,7-8,11-14,31H,3,6,9-10H2,1-2H3;2-3,5-6,9-12,30H,4,7-8H2,1H3,(H,28,29). The quantitative estimate of drug-likeness (QED) is 0.0865. The van der Waals surface area contributed by atoms with Crippen LogP contribution in [0.3, 0.4) is 0 Å². The molecule has 3 N–H and O–H groups in total. The van der Waals surface area contributed by atoms with Gasteiger partial charge in [-0.25, -0.2) is 0 Å². The van der Waals surface area contributed by atoms with Gasteiger partial charge < -0.3 is 20.1 Å². The first-order chi connectivity index (χ1) is 29.3. The van der Waals surface area contributed by atoms with E-state index in [9.17, 15) is 46.1 Å². The Morgan fingerprint density at radius 2 is 1.06 bits per heavy atom. The van der Waals surface area contributed by atoms with Gasteiger partial charge in [0, 0.05) is 71.7 Å². The number of carboxylic acid groups (broad SMARTS) is 1. The van der Waals surface area contributed by atoms with E-state index in [2.05, 4.69) is 10.2 Å². The summed E-state index contributed by atoms with van der Waals surface area (Å²) >= 11 is 0. The minimum absolute atomic E-state index is 0.00102. The number of rotatable bonds is 11. The summed E-state index contributed by atoms with van der Waals surface area (Å²) in [5.74, 6) is -1.18. The summed E-state index contributed by atoms with van der Waals surface area (Å²) in [4.78, 5) is 22.2. The van der Waals surface area contributed by atoms with Crippen molar-refractivity contribution in [3.05, 3.63) is 131 Å². The third-order valence-electron chi connectivity index (χ3n) is 11.1. The Kier molecular flexibility index (Phi) is 11.7.